The van der Waals surface area contributed by atoms with Crippen molar-refractivity contribution in [3.63, 3.8) is 0 Å². The predicted molar refractivity (Wildman–Crippen MR) is 109 cm³/mol. The quantitative estimate of drug-likeness (QED) is 0.635. The Bertz CT molecular complexity index is 645. The van der Waals surface area contributed by atoms with Gasteiger partial charge in [-0.05, 0) is 37.3 Å². The van der Waals surface area contributed by atoms with Crippen LogP contribution in [0.3, 0.4) is 0 Å². The van der Waals surface area contributed by atoms with Crippen molar-refractivity contribution in [1.29, 1.82) is 0 Å². The van der Waals surface area contributed by atoms with Crippen LogP contribution < -0.4 is 9.47 Å². The highest BCUT2D eigenvalue weighted by Crippen LogP contribution is 2.28. The third kappa shape index (κ3) is 5.54. The number of hydrogen-bond acceptors (Lipinski definition) is 5. The summed E-state index contributed by atoms with van der Waals surface area (Å²) in [6.45, 7) is 6.38. The number of hydrogen-bond donors (Lipinski definition) is 0. The van der Waals surface area contributed by atoms with E-state index in [1.165, 1.54) is 0 Å². The van der Waals surface area contributed by atoms with Crippen LogP contribution >= 0.6 is 11.8 Å². The fraction of sp³-hybridized carbons (Fsp3) is 0.600. The van der Waals surface area contributed by atoms with Crippen molar-refractivity contribution in [2.75, 3.05) is 46.2 Å². The first kappa shape index (κ1) is 21.4. The van der Waals surface area contributed by atoms with Gasteiger partial charge in [-0.3, -0.25) is 9.59 Å². The standard InChI is InChI=1S/C20H30N2O4S/c1-5-6-13-27-15(2)19(23)21-9-11-22(12-10-21)20(24)16-7-8-17(25-3)18(14-16)26-4/h7-8,14-15H,5-6,9-13H2,1-4H3. The number of thioether (sulfide) groups is 1. The molecule has 0 N–H and O–H groups in total. The zero-order chi connectivity index (χ0) is 19.8. The lowest BCUT2D eigenvalue weighted by atomic mass is 10.1. The molecule has 0 aliphatic carbocycles. The van der Waals surface area contributed by atoms with Crippen molar-refractivity contribution in [2.45, 2.75) is 31.9 Å². The lowest BCUT2D eigenvalue weighted by Gasteiger charge is -2.36. The molecule has 0 bridgehead atoms. The van der Waals surface area contributed by atoms with Crippen molar-refractivity contribution >= 4 is 23.6 Å². The summed E-state index contributed by atoms with van der Waals surface area (Å²) in [5.41, 5.74) is 0.566. The molecule has 150 valence electrons. The lowest BCUT2D eigenvalue weighted by molar-refractivity contribution is -0.131. The Morgan fingerprint density at radius 1 is 1.07 bits per heavy atom. The Morgan fingerprint density at radius 2 is 1.70 bits per heavy atom. The van der Waals surface area contributed by atoms with Crippen molar-refractivity contribution in [3.8, 4) is 11.5 Å². The molecule has 1 aliphatic heterocycles. The summed E-state index contributed by atoms with van der Waals surface area (Å²) in [5.74, 6) is 2.28. The number of piperazine rings is 1. The van der Waals surface area contributed by atoms with Crippen LogP contribution in [-0.4, -0.2) is 73.0 Å². The van der Waals surface area contributed by atoms with Crippen LogP contribution in [0.4, 0.5) is 0 Å². The van der Waals surface area contributed by atoms with Gasteiger partial charge in [0.25, 0.3) is 5.91 Å². The van der Waals surface area contributed by atoms with E-state index in [9.17, 15) is 9.59 Å². The van der Waals surface area contributed by atoms with Crippen molar-refractivity contribution in [3.05, 3.63) is 23.8 Å². The molecule has 1 fully saturated rings. The highest BCUT2D eigenvalue weighted by Gasteiger charge is 2.27. The van der Waals surface area contributed by atoms with Crippen LogP contribution in [-0.2, 0) is 4.79 Å². The van der Waals surface area contributed by atoms with Gasteiger partial charge in [0, 0.05) is 31.7 Å². The van der Waals surface area contributed by atoms with Gasteiger partial charge in [-0.25, -0.2) is 0 Å². The number of amides is 2. The monoisotopic (exact) mass is 394 g/mol. The molecule has 1 unspecified atom stereocenters. The van der Waals surface area contributed by atoms with Gasteiger partial charge in [0.2, 0.25) is 5.91 Å². The van der Waals surface area contributed by atoms with Gasteiger partial charge in [-0.2, -0.15) is 0 Å². The molecule has 1 atom stereocenters. The summed E-state index contributed by atoms with van der Waals surface area (Å²) in [5, 5.41) is -0.0235. The SMILES string of the molecule is CCCCSC(C)C(=O)N1CCN(C(=O)c2ccc(OC)c(OC)c2)CC1. The van der Waals surface area contributed by atoms with Gasteiger partial charge in [-0.1, -0.05) is 13.3 Å². The third-order valence-corrected chi connectivity index (χ3v) is 5.95. The van der Waals surface area contributed by atoms with E-state index in [4.69, 9.17) is 9.47 Å². The molecule has 7 heteroatoms. The Hall–Kier alpha value is -1.89. The number of nitrogens with zero attached hydrogens (tertiary/aromatic N) is 2. The fourth-order valence-electron chi connectivity index (χ4n) is 3.01. The summed E-state index contributed by atoms with van der Waals surface area (Å²) < 4.78 is 10.5. The zero-order valence-electron chi connectivity index (χ0n) is 16.7. The summed E-state index contributed by atoms with van der Waals surface area (Å²) in [6, 6.07) is 5.18. The number of carbonyl (C=O) groups is 2. The molecule has 1 heterocycles. The van der Waals surface area contributed by atoms with Crippen LogP contribution in [0.2, 0.25) is 0 Å². The van der Waals surface area contributed by atoms with Gasteiger partial charge >= 0.3 is 0 Å². The second-order valence-corrected chi connectivity index (χ2v) is 8.00. The topological polar surface area (TPSA) is 59.1 Å². The van der Waals surface area contributed by atoms with Crippen LogP contribution in [0.25, 0.3) is 0 Å². The average Bonchev–Trinajstić information content (AvgIpc) is 2.72. The largest absolute Gasteiger partial charge is 0.493 e. The summed E-state index contributed by atoms with van der Waals surface area (Å²) in [4.78, 5) is 29.0. The van der Waals surface area contributed by atoms with Crippen LogP contribution in [0, 0.1) is 0 Å². The second kappa shape index (κ2) is 10.4. The average molecular weight is 395 g/mol. The molecule has 2 rings (SSSR count). The maximum Gasteiger partial charge on any atom is 0.254 e. The molecule has 1 saturated heterocycles. The summed E-state index contributed by atoms with van der Waals surface area (Å²) in [6.07, 6.45) is 2.28. The van der Waals surface area contributed by atoms with Gasteiger partial charge in [-0.15, -0.1) is 11.8 Å². The molecule has 0 saturated carbocycles. The van der Waals surface area contributed by atoms with Crippen molar-refractivity contribution in [2.24, 2.45) is 0 Å². The van der Waals surface area contributed by atoms with Crippen molar-refractivity contribution in [1.82, 2.24) is 9.80 Å². The molecule has 27 heavy (non-hydrogen) atoms. The first-order valence-electron chi connectivity index (χ1n) is 9.43. The van der Waals surface area contributed by atoms with Gasteiger partial charge in [0.1, 0.15) is 0 Å². The number of ether oxygens (including phenoxy) is 2. The molecule has 0 radical (unpaired) electrons. The van der Waals surface area contributed by atoms with E-state index in [2.05, 4.69) is 6.92 Å². The number of carbonyl (C=O) groups excluding carboxylic acids is 2. The van der Waals surface area contributed by atoms with E-state index < -0.39 is 0 Å². The van der Waals surface area contributed by atoms with E-state index in [1.54, 1.807) is 49.1 Å². The minimum Gasteiger partial charge on any atom is -0.493 e. The predicted octanol–water partition coefficient (Wildman–Crippen LogP) is 2.91. The third-order valence-electron chi connectivity index (χ3n) is 4.72. The van der Waals surface area contributed by atoms with E-state index in [0.717, 1.165) is 18.6 Å². The number of methoxy groups -OCH3 is 2. The molecule has 2 amide bonds. The Balaban J connectivity index is 1.91. The molecular formula is C20H30N2O4S. The first-order chi connectivity index (χ1) is 13.0. The van der Waals surface area contributed by atoms with Gasteiger partial charge in [0.05, 0.1) is 19.5 Å². The maximum absolute atomic E-state index is 12.8. The zero-order valence-corrected chi connectivity index (χ0v) is 17.5. The fourth-order valence-corrected chi connectivity index (χ4v) is 4.12. The molecule has 6 nitrogen and oxygen atoms in total. The van der Waals surface area contributed by atoms with Gasteiger partial charge < -0.3 is 19.3 Å². The van der Waals surface area contributed by atoms with Crippen LogP contribution in [0.15, 0.2) is 18.2 Å². The summed E-state index contributed by atoms with van der Waals surface area (Å²) in [7, 11) is 3.12. The highest BCUT2D eigenvalue weighted by molar-refractivity contribution is 8.00. The van der Waals surface area contributed by atoms with E-state index in [-0.39, 0.29) is 17.1 Å². The summed E-state index contributed by atoms with van der Waals surface area (Å²) >= 11 is 1.72. The highest BCUT2D eigenvalue weighted by atomic mass is 32.2. The molecule has 1 aromatic rings. The molecule has 1 aliphatic rings. The van der Waals surface area contributed by atoms with E-state index >= 15 is 0 Å². The van der Waals surface area contributed by atoms with Crippen LogP contribution in [0.1, 0.15) is 37.0 Å². The number of benzene rings is 1. The first-order valence-corrected chi connectivity index (χ1v) is 10.5. The van der Waals surface area contributed by atoms with Crippen molar-refractivity contribution < 1.29 is 19.1 Å². The molecular weight excluding hydrogens is 364 g/mol. The Morgan fingerprint density at radius 3 is 2.30 bits per heavy atom. The van der Waals surface area contributed by atoms with E-state index in [1.807, 2.05) is 11.8 Å². The molecule has 0 spiro atoms. The molecule has 0 aromatic heterocycles. The lowest BCUT2D eigenvalue weighted by Crippen LogP contribution is -2.52. The minimum atomic E-state index is -0.0478. The number of unbranched alkanes of at least 4 members (excludes halogenated alkanes) is 1. The smallest absolute Gasteiger partial charge is 0.254 e. The van der Waals surface area contributed by atoms with Crippen LogP contribution in [0.5, 0.6) is 11.5 Å². The second-order valence-electron chi connectivity index (χ2n) is 6.55. The Kier molecular flexibility index (Phi) is 8.28. The molecule has 1 aromatic carbocycles. The Labute approximate surface area is 166 Å². The minimum absolute atomic E-state index is 0.0235. The van der Waals surface area contributed by atoms with Gasteiger partial charge in [0.15, 0.2) is 11.5 Å². The number of rotatable bonds is 8. The maximum atomic E-state index is 12.8. The van der Waals surface area contributed by atoms with E-state index in [0.29, 0.717) is 43.2 Å². The normalized spacial score (nSPS) is 15.4.